The molecule has 108 valence electrons. The lowest BCUT2D eigenvalue weighted by atomic mass is 10.1. The van der Waals surface area contributed by atoms with Crippen LogP contribution in [0.4, 0.5) is 5.82 Å². The quantitative estimate of drug-likeness (QED) is 0.754. The molecule has 21 heavy (non-hydrogen) atoms. The number of anilines is 1. The highest BCUT2D eigenvalue weighted by Gasteiger charge is 2.04. The lowest BCUT2D eigenvalue weighted by molar-refractivity contribution is 0.415. The molecule has 0 bridgehead atoms. The normalized spacial score (nSPS) is 10.8. The average molecular weight is 298 g/mol. The topological polar surface area (TPSA) is 34.2 Å². The number of thiophene rings is 1. The van der Waals surface area contributed by atoms with Gasteiger partial charge in [-0.3, -0.25) is 0 Å². The van der Waals surface area contributed by atoms with Crippen LogP contribution in [0.2, 0.25) is 0 Å². The molecule has 0 unspecified atom stereocenters. The number of rotatable bonds is 5. The molecule has 1 aromatic carbocycles. The van der Waals surface area contributed by atoms with E-state index in [9.17, 15) is 0 Å². The molecule has 4 heteroatoms. The molecule has 0 radical (unpaired) electrons. The summed E-state index contributed by atoms with van der Waals surface area (Å²) in [5.74, 6) is 1.78. The van der Waals surface area contributed by atoms with Crippen LogP contribution < -0.4 is 10.1 Å². The number of benzene rings is 1. The Balaban J connectivity index is 1.83. The zero-order valence-corrected chi connectivity index (χ0v) is 13.0. The van der Waals surface area contributed by atoms with E-state index in [1.807, 2.05) is 35.7 Å². The SMILES string of the molecule is CCc1ccc(CNc2nccc3cc(OC)ccc23)s1. The van der Waals surface area contributed by atoms with Crippen molar-refractivity contribution >= 4 is 27.9 Å². The zero-order chi connectivity index (χ0) is 14.7. The molecule has 2 heterocycles. The maximum Gasteiger partial charge on any atom is 0.134 e. The van der Waals surface area contributed by atoms with Gasteiger partial charge in [-0.25, -0.2) is 4.98 Å². The van der Waals surface area contributed by atoms with E-state index >= 15 is 0 Å². The zero-order valence-electron chi connectivity index (χ0n) is 12.2. The standard InChI is InChI=1S/C17H18N2OS/c1-3-14-5-6-15(21-14)11-19-17-16-7-4-13(20-2)10-12(16)8-9-18-17/h4-10H,3,11H2,1-2H3,(H,18,19). The van der Waals surface area contributed by atoms with E-state index in [1.54, 1.807) is 7.11 Å². The van der Waals surface area contributed by atoms with Crippen molar-refractivity contribution in [2.24, 2.45) is 0 Å². The number of methoxy groups -OCH3 is 1. The molecule has 0 aliphatic rings. The predicted molar refractivity (Wildman–Crippen MR) is 89.3 cm³/mol. The fourth-order valence-corrected chi connectivity index (χ4v) is 3.20. The highest BCUT2D eigenvalue weighted by atomic mass is 32.1. The van der Waals surface area contributed by atoms with Crippen LogP contribution in [-0.4, -0.2) is 12.1 Å². The molecule has 3 nitrogen and oxygen atoms in total. The lowest BCUT2D eigenvalue weighted by Gasteiger charge is -2.09. The fourth-order valence-electron chi connectivity index (χ4n) is 2.30. The number of fused-ring (bicyclic) bond motifs is 1. The van der Waals surface area contributed by atoms with Crippen LogP contribution in [-0.2, 0) is 13.0 Å². The van der Waals surface area contributed by atoms with E-state index in [0.717, 1.165) is 35.3 Å². The van der Waals surface area contributed by atoms with E-state index in [4.69, 9.17) is 4.74 Å². The molecule has 0 amide bonds. The van der Waals surface area contributed by atoms with Crippen LogP contribution in [0.15, 0.2) is 42.6 Å². The lowest BCUT2D eigenvalue weighted by Crippen LogP contribution is -2.00. The summed E-state index contributed by atoms with van der Waals surface area (Å²) >= 11 is 1.85. The summed E-state index contributed by atoms with van der Waals surface area (Å²) in [6.07, 6.45) is 2.92. The minimum absolute atomic E-state index is 0.808. The smallest absolute Gasteiger partial charge is 0.134 e. The Bertz CT molecular complexity index is 751. The van der Waals surface area contributed by atoms with Gasteiger partial charge < -0.3 is 10.1 Å². The molecule has 0 aliphatic carbocycles. The first-order chi connectivity index (χ1) is 10.3. The second-order valence-electron chi connectivity index (χ2n) is 4.82. The average Bonchev–Trinajstić information content (AvgIpc) is 3.00. The monoisotopic (exact) mass is 298 g/mol. The van der Waals surface area contributed by atoms with Crippen molar-refractivity contribution in [3.05, 3.63) is 52.3 Å². The molecule has 0 saturated heterocycles. The molecule has 3 aromatic rings. The minimum atomic E-state index is 0.808. The first kappa shape index (κ1) is 13.9. The molecule has 0 atom stereocenters. The van der Waals surface area contributed by atoms with Gasteiger partial charge in [0.05, 0.1) is 13.7 Å². The number of pyridine rings is 1. The summed E-state index contributed by atoms with van der Waals surface area (Å²) in [6, 6.07) is 12.4. The van der Waals surface area contributed by atoms with Gasteiger partial charge in [0.2, 0.25) is 0 Å². The Morgan fingerprint density at radius 2 is 2.00 bits per heavy atom. The third-order valence-corrected chi connectivity index (χ3v) is 4.70. The van der Waals surface area contributed by atoms with Gasteiger partial charge in [-0.15, -0.1) is 11.3 Å². The third-order valence-electron chi connectivity index (χ3n) is 3.47. The molecule has 3 rings (SSSR count). The van der Waals surface area contributed by atoms with E-state index in [2.05, 4.69) is 35.4 Å². The maximum absolute atomic E-state index is 5.27. The van der Waals surface area contributed by atoms with E-state index in [1.165, 1.54) is 9.75 Å². The number of hydrogen-bond acceptors (Lipinski definition) is 4. The Morgan fingerprint density at radius 1 is 1.14 bits per heavy atom. The first-order valence-corrected chi connectivity index (χ1v) is 7.86. The summed E-state index contributed by atoms with van der Waals surface area (Å²) in [5, 5.41) is 5.69. The highest BCUT2D eigenvalue weighted by Crippen LogP contribution is 2.26. The van der Waals surface area contributed by atoms with Crippen molar-refractivity contribution in [3.63, 3.8) is 0 Å². The van der Waals surface area contributed by atoms with Crippen molar-refractivity contribution in [2.45, 2.75) is 19.9 Å². The second kappa shape index (κ2) is 6.14. The maximum atomic E-state index is 5.27. The third kappa shape index (κ3) is 3.00. The van der Waals surface area contributed by atoms with E-state index in [0.29, 0.717) is 0 Å². The van der Waals surface area contributed by atoms with Crippen LogP contribution in [0.25, 0.3) is 10.8 Å². The Morgan fingerprint density at radius 3 is 2.76 bits per heavy atom. The molecule has 1 N–H and O–H groups in total. The Kier molecular flexibility index (Phi) is 4.06. The summed E-state index contributed by atoms with van der Waals surface area (Å²) in [4.78, 5) is 7.21. The fraction of sp³-hybridized carbons (Fsp3) is 0.235. The van der Waals surface area contributed by atoms with Crippen molar-refractivity contribution in [3.8, 4) is 5.75 Å². The van der Waals surface area contributed by atoms with Crippen LogP contribution in [0, 0.1) is 0 Å². The van der Waals surface area contributed by atoms with Gasteiger partial charge in [-0.1, -0.05) is 6.92 Å². The van der Waals surface area contributed by atoms with Crippen molar-refractivity contribution in [2.75, 3.05) is 12.4 Å². The van der Waals surface area contributed by atoms with Gasteiger partial charge in [0.15, 0.2) is 0 Å². The van der Waals surface area contributed by atoms with Crippen molar-refractivity contribution < 1.29 is 4.74 Å². The molecule has 0 aliphatic heterocycles. The molecule has 0 spiro atoms. The first-order valence-electron chi connectivity index (χ1n) is 7.04. The summed E-state index contributed by atoms with van der Waals surface area (Å²) in [7, 11) is 1.68. The van der Waals surface area contributed by atoms with E-state index in [-0.39, 0.29) is 0 Å². The number of aromatic nitrogens is 1. The van der Waals surface area contributed by atoms with Crippen LogP contribution in [0.1, 0.15) is 16.7 Å². The van der Waals surface area contributed by atoms with Crippen LogP contribution in [0.5, 0.6) is 5.75 Å². The molecule has 0 saturated carbocycles. The minimum Gasteiger partial charge on any atom is -0.497 e. The Hall–Kier alpha value is -2.07. The van der Waals surface area contributed by atoms with Gasteiger partial charge >= 0.3 is 0 Å². The number of hydrogen-bond donors (Lipinski definition) is 1. The van der Waals surface area contributed by atoms with Crippen molar-refractivity contribution in [1.29, 1.82) is 0 Å². The van der Waals surface area contributed by atoms with Crippen LogP contribution >= 0.6 is 11.3 Å². The summed E-state index contributed by atoms with van der Waals surface area (Å²) in [5.41, 5.74) is 0. The summed E-state index contributed by atoms with van der Waals surface area (Å²) in [6.45, 7) is 2.99. The second-order valence-corrected chi connectivity index (χ2v) is 6.07. The van der Waals surface area contributed by atoms with Crippen molar-refractivity contribution in [1.82, 2.24) is 4.98 Å². The summed E-state index contributed by atoms with van der Waals surface area (Å²) < 4.78 is 5.27. The molecule has 0 fully saturated rings. The van der Waals surface area contributed by atoms with Gasteiger partial charge in [0.25, 0.3) is 0 Å². The Labute approximate surface area is 128 Å². The number of ether oxygens (including phenoxy) is 1. The highest BCUT2D eigenvalue weighted by molar-refractivity contribution is 7.12. The molecular weight excluding hydrogens is 280 g/mol. The van der Waals surface area contributed by atoms with Gasteiger partial charge in [-0.05, 0) is 48.2 Å². The van der Waals surface area contributed by atoms with Gasteiger partial charge in [0, 0.05) is 21.3 Å². The number of aryl methyl sites for hydroxylation is 1. The van der Waals surface area contributed by atoms with Gasteiger partial charge in [-0.2, -0.15) is 0 Å². The largest absolute Gasteiger partial charge is 0.497 e. The molecule has 2 aromatic heterocycles. The molecular formula is C17H18N2OS. The van der Waals surface area contributed by atoms with Gasteiger partial charge in [0.1, 0.15) is 11.6 Å². The van der Waals surface area contributed by atoms with E-state index < -0.39 is 0 Å². The predicted octanol–water partition coefficient (Wildman–Crippen LogP) is 4.48. The number of nitrogens with one attached hydrogen (secondary N) is 1. The number of nitrogens with zero attached hydrogens (tertiary/aromatic N) is 1. The van der Waals surface area contributed by atoms with Crippen LogP contribution in [0.3, 0.4) is 0 Å².